The van der Waals surface area contributed by atoms with E-state index in [1.165, 1.54) is 0 Å². The van der Waals surface area contributed by atoms with E-state index in [0.29, 0.717) is 6.42 Å². The summed E-state index contributed by atoms with van der Waals surface area (Å²) < 4.78 is 19.9. The van der Waals surface area contributed by atoms with Gasteiger partial charge >= 0.3 is 16.1 Å². The van der Waals surface area contributed by atoms with Crippen LogP contribution in [0.4, 0.5) is 0 Å². The van der Waals surface area contributed by atoms with Crippen LogP contribution in [-0.2, 0) is 9.13 Å². The molecule has 2 atom stereocenters. The molecule has 0 aliphatic carbocycles. The van der Waals surface area contributed by atoms with Gasteiger partial charge in [-0.15, -0.1) is 0 Å². The SMILES string of the molecule is O=[P+](O)CCC[P+](=O)O. The maximum atomic E-state index is 9.95. The minimum atomic E-state index is -2.12. The number of hydrogen-bond donors (Lipinski definition) is 2. The zero-order valence-corrected chi connectivity index (χ0v) is 6.52. The van der Waals surface area contributed by atoms with Crippen LogP contribution in [0.3, 0.4) is 0 Å². The lowest BCUT2D eigenvalue weighted by molar-refractivity contribution is 0.497. The van der Waals surface area contributed by atoms with E-state index in [9.17, 15) is 9.13 Å². The zero-order chi connectivity index (χ0) is 7.28. The van der Waals surface area contributed by atoms with Gasteiger partial charge in [-0.25, -0.2) is 0 Å². The Morgan fingerprint density at radius 2 is 1.33 bits per heavy atom. The van der Waals surface area contributed by atoms with Crippen molar-refractivity contribution in [1.29, 1.82) is 0 Å². The van der Waals surface area contributed by atoms with Gasteiger partial charge in [-0.1, -0.05) is 0 Å². The molecular weight excluding hydrogens is 162 g/mol. The number of hydrogen-bond acceptors (Lipinski definition) is 2. The number of rotatable bonds is 4. The molecule has 6 heteroatoms. The Bertz CT molecular complexity index is 109. The van der Waals surface area contributed by atoms with E-state index in [1.807, 2.05) is 0 Å². The van der Waals surface area contributed by atoms with E-state index < -0.39 is 16.1 Å². The van der Waals surface area contributed by atoms with Gasteiger partial charge in [-0.2, -0.15) is 9.79 Å². The lowest BCUT2D eigenvalue weighted by Gasteiger charge is -1.72. The van der Waals surface area contributed by atoms with Crippen LogP contribution in [-0.4, -0.2) is 22.1 Å². The van der Waals surface area contributed by atoms with E-state index in [-0.39, 0.29) is 12.3 Å². The highest BCUT2D eigenvalue weighted by atomic mass is 31.1. The largest absolute Gasteiger partial charge is 0.505 e. The third-order valence-electron chi connectivity index (χ3n) is 0.699. The first-order valence-electron chi connectivity index (χ1n) is 2.40. The quantitative estimate of drug-likeness (QED) is 0.613. The van der Waals surface area contributed by atoms with Crippen LogP contribution in [0, 0.1) is 0 Å². The van der Waals surface area contributed by atoms with E-state index in [1.54, 1.807) is 0 Å². The van der Waals surface area contributed by atoms with Crippen LogP contribution in [0.5, 0.6) is 0 Å². The highest BCUT2D eigenvalue weighted by molar-refractivity contribution is 7.39. The smallest absolute Gasteiger partial charge is 0.161 e. The van der Waals surface area contributed by atoms with Crippen molar-refractivity contribution in [3.63, 3.8) is 0 Å². The average Bonchev–Trinajstić information content (AvgIpc) is 1.63. The molecule has 2 N–H and O–H groups in total. The maximum Gasteiger partial charge on any atom is 0.505 e. The molecule has 0 rings (SSSR count). The van der Waals surface area contributed by atoms with E-state index in [2.05, 4.69) is 0 Å². The standard InChI is InChI=1S/C3H6O4P2/c4-8(5)2-1-3-9(6)7/h1-3H2/p+2. The molecule has 0 heterocycles. The predicted molar refractivity (Wildman–Crippen MR) is 34.0 cm³/mol. The molecular formula is C3H8O4P2+2. The Kier molecular flexibility index (Phi) is 5.02. The van der Waals surface area contributed by atoms with Crippen molar-refractivity contribution in [3.8, 4) is 0 Å². The molecule has 2 unspecified atom stereocenters. The Morgan fingerprint density at radius 1 is 1.00 bits per heavy atom. The molecule has 0 aliphatic rings. The van der Waals surface area contributed by atoms with Crippen LogP contribution < -0.4 is 0 Å². The second kappa shape index (κ2) is 4.95. The normalized spacial score (nSPS) is 13.1. The van der Waals surface area contributed by atoms with Crippen LogP contribution in [0.25, 0.3) is 0 Å². The Hall–Kier alpha value is 0.120. The fraction of sp³-hybridized carbons (Fsp3) is 1.00. The fourth-order valence-electron chi connectivity index (χ4n) is 0.341. The molecule has 0 aliphatic heterocycles. The van der Waals surface area contributed by atoms with Crippen molar-refractivity contribution in [2.45, 2.75) is 6.42 Å². The summed E-state index contributed by atoms with van der Waals surface area (Å²) in [6.45, 7) is 0. The van der Waals surface area contributed by atoms with Crippen molar-refractivity contribution < 1.29 is 18.9 Å². The third-order valence-corrected chi connectivity index (χ3v) is 2.10. The molecule has 0 saturated carbocycles. The first-order valence-corrected chi connectivity index (χ1v) is 5.19. The maximum absolute atomic E-state index is 9.95. The summed E-state index contributed by atoms with van der Waals surface area (Å²) in [7, 11) is -4.24. The molecule has 52 valence electrons. The lowest BCUT2D eigenvalue weighted by atomic mass is 10.6. The molecule has 0 radical (unpaired) electrons. The van der Waals surface area contributed by atoms with Crippen molar-refractivity contribution in [1.82, 2.24) is 0 Å². The molecule has 0 amide bonds. The van der Waals surface area contributed by atoms with Crippen LogP contribution in [0.2, 0.25) is 0 Å². The molecule has 0 saturated heterocycles. The molecule has 4 nitrogen and oxygen atoms in total. The highest BCUT2D eigenvalue weighted by Crippen LogP contribution is 2.19. The molecule has 0 bridgehead atoms. The summed E-state index contributed by atoms with van der Waals surface area (Å²) in [6, 6.07) is 0. The van der Waals surface area contributed by atoms with Crippen molar-refractivity contribution >= 4 is 16.1 Å². The van der Waals surface area contributed by atoms with Gasteiger partial charge in [0.2, 0.25) is 0 Å². The van der Waals surface area contributed by atoms with Gasteiger partial charge in [0, 0.05) is 6.42 Å². The van der Waals surface area contributed by atoms with Crippen molar-refractivity contribution in [2.75, 3.05) is 12.3 Å². The van der Waals surface area contributed by atoms with E-state index >= 15 is 0 Å². The molecule has 0 fully saturated rings. The van der Waals surface area contributed by atoms with Gasteiger partial charge in [-0.3, -0.25) is 0 Å². The summed E-state index contributed by atoms with van der Waals surface area (Å²) >= 11 is 0. The van der Waals surface area contributed by atoms with Gasteiger partial charge < -0.3 is 0 Å². The van der Waals surface area contributed by atoms with Crippen LogP contribution in [0.15, 0.2) is 0 Å². The molecule has 0 aromatic carbocycles. The predicted octanol–water partition coefficient (Wildman–Crippen LogP) is 0.846. The van der Waals surface area contributed by atoms with Gasteiger partial charge in [0.15, 0.2) is 12.3 Å². The zero-order valence-electron chi connectivity index (χ0n) is 4.73. The van der Waals surface area contributed by atoms with E-state index in [0.717, 1.165) is 0 Å². The Labute approximate surface area is 54.6 Å². The van der Waals surface area contributed by atoms with Gasteiger partial charge in [0.05, 0.1) is 0 Å². The average molecular weight is 170 g/mol. The minimum Gasteiger partial charge on any atom is -0.161 e. The third kappa shape index (κ3) is 8.12. The van der Waals surface area contributed by atoms with Crippen molar-refractivity contribution in [3.05, 3.63) is 0 Å². The Morgan fingerprint density at radius 3 is 1.56 bits per heavy atom. The van der Waals surface area contributed by atoms with Crippen LogP contribution in [0.1, 0.15) is 6.42 Å². The topological polar surface area (TPSA) is 74.6 Å². The second-order valence-corrected chi connectivity index (χ2v) is 3.81. The molecule has 0 aromatic heterocycles. The summed E-state index contributed by atoms with van der Waals surface area (Å²) in [5, 5.41) is 0. The monoisotopic (exact) mass is 170 g/mol. The molecule has 0 aromatic rings. The van der Waals surface area contributed by atoms with E-state index in [4.69, 9.17) is 9.79 Å². The molecule has 0 spiro atoms. The lowest BCUT2D eigenvalue weighted by Crippen LogP contribution is -1.81. The first-order chi connectivity index (χ1) is 4.13. The summed E-state index contributed by atoms with van der Waals surface area (Å²) in [5.41, 5.74) is 0. The fourth-order valence-corrected chi connectivity index (χ4v) is 1.45. The molecule has 9 heavy (non-hydrogen) atoms. The summed E-state index contributed by atoms with van der Waals surface area (Å²) in [6.07, 6.45) is 0.589. The Balaban J connectivity index is 3.10. The van der Waals surface area contributed by atoms with Crippen molar-refractivity contribution in [2.24, 2.45) is 0 Å². The highest BCUT2D eigenvalue weighted by Gasteiger charge is 2.15. The summed E-state index contributed by atoms with van der Waals surface area (Å²) in [5.74, 6) is 0. The van der Waals surface area contributed by atoms with Gasteiger partial charge in [0.1, 0.15) is 0 Å². The van der Waals surface area contributed by atoms with Crippen LogP contribution >= 0.6 is 16.1 Å². The van der Waals surface area contributed by atoms with Gasteiger partial charge in [-0.05, 0) is 9.13 Å². The second-order valence-electron chi connectivity index (χ2n) is 1.51. The summed E-state index contributed by atoms with van der Waals surface area (Å²) in [4.78, 5) is 16.4. The van der Waals surface area contributed by atoms with Gasteiger partial charge in [0.25, 0.3) is 0 Å². The minimum absolute atomic E-state index is 0.122. The first kappa shape index (κ1) is 9.12.